The Bertz CT molecular complexity index is 1610. The first-order valence-electron chi connectivity index (χ1n) is 14.0. The van der Waals surface area contributed by atoms with Crippen molar-refractivity contribution in [2.75, 3.05) is 38.7 Å². The maximum Gasteiger partial charge on any atom is 0.313 e. The van der Waals surface area contributed by atoms with Crippen molar-refractivity contribution >= 4 is 40.0 Å². The third kappa shape index (κ3) is 7.91. The van der Waals surface area contributed by atoms with E-state index < -0.39 is 17.6 Å². The van der Waals surface area contributed by atoms with E-state index in [-0.39, 0.29) is 18.0 Å². The molecule has 11 heteroatoms. The Hall–Kier alpha value is -4.41. The number of amides is 2. The van der Waals surface area contributed by atoms with Crippen LogP contribution in [0.15, 0.2) is 66.9 Å². The van der Waals surface area contributed by atoms with Crippen molar-refractivity contribution in [3.05, 3.63) is 83.3 Å². The van der Waals surface area contributed by atoms with Gasteiger partial charge >= 0.3 is 11.8 Å². The van der Waals surface area contributed by atoms with Crippen LogP contribution in [-0.2, 0) is 16.0 Å². The molecule has 1 aliphatic heterocycles. The van der Waals surface area contributed by atoms with E-state index in [0.717, 1.165) is 37.6 Å². The molecule has 0 spiro atoms. The molecular weight excluding hydrogens is 575 g/mol. The predicted molar refractivity (Wildman–Crippen MR) is 163 cm³/mol. The molecule has 4 aromatic rings. The monoisotopic (exact) mass is 606 g/mol. The van der Waals surface area contributed by atoms with Crippen molar-refractivity contribution in [3.63, 3.8) is 0 Å². The molecule has 1 fully saturated rings. The van der Waals surface area contributed by atoms with Crippen LogP contribution < -0.4 is 30.2 Å². The zero-order valence-corrected chi connectivity index (χ0v) is 24.4. The fourth-order valence-corrected chi connectivity index (χ4v) is 5.02. The Morgan fingerprint density at radius 3 is 2.60 bits per heavy atom. The summed E-state index contributed by atoms with van der Waals surface area (Å²) in [6.45, 7) is 2.79. The van der Waals surface area contributed by atoms with Crippen molar-refractivity contribution in [1.29, 1.82) is 0 Å². The van der Waals surface area contributed by atoms with E-state index in [2.05, 4.69) is 20.9 Å². The number of methoxy groups -OCH3 is 1. The third-order valence-electron chi connectivity index (χ3n) is 7.12. The van der Waals surface area contributed by atoms with Crippen molar-refractivity contribution in [2.24, 2.45) is 5.92 Å². The number of nitrogens with one attached hydrogen (secondary N) is 3. The Morgan fingerprint density at radius 1 is 1.00 bits per heavy atom. The van der Waals surface area contributed by atoms with Gasteiger partial charge in [0.25, 0.3) is 0 Å². The fourth-order valence-electron chi connectivity index (χ4n) is 4.81. The first kappa shape index (κ1) is 30.1. The van der Waals surface area contributed by atoms with E-state index in [0.29, 0.717) is 52.1 Å². The predicted octanol–water partition coefficient (Wildman–Crippen LogP) is 5.50. The van der Waals surface area contributed by atoms with Gasteiger partial charge in [0, 0.05) is 41.0 Å². The molecule has 2 heterocycles. The highest BCUT2D eigenvalue weighted by Crippen LogP contribution is 2.38. The van der Waals surface area contributed by atoms with Gasteiger partial charge in [-0.25, -0.2) is 4.39 Å². The molecule has 3 aromatic carbocycles. The van der Waals surface area contributed by atoms with E-state index in [1.165, 1.54) is 12.1 Å². The number of rotatable bonds is 10. The number of carbonyl (C=O) groups excluding carboxylic acids is 2. The minimum absolute atomic E-state index is 0.0679. The molecule has 0 radical (unpaired) electrons. The number of benzene rings is 3. The summed E-state index contributed by atoms with van der Waals surface area (Å²) >= 11 is 5.97. The van der Waals surface area contributed by atoms with E-state index in [1.807, 2.05) is 12.1 Å². The second-order valence-electron chi connectivity index (χ2n) is 10.2. The van der Waals surface area contributed by atoms with Crippen LogP contribution in [0.4, 0.5) is 10.1 Å². The smallest absolute Gasteiger partial charge is 0.313 e. The highest BCUT2D eigenvalue weighted by atomic mass is 35.5. The van der Waals surface area contributed by atoms with E-state index >= 15 is 4.39 Å². The maximum atomic E-state index is 15.0. The standard InChI is InChI=1S/C32H32ClFN4O5/c1-41-29-17-24-26(18-30(29)42-19-21-7-11-35-12-8-21)36-14-10-27(24)43-28-6-5-23(16-25(28)34)38-32(40)31(39)37-13-9-20-3-2-4-22(33)15-20/h2-6,10,14-18,21,35H,7-9,11-13,19H2,1H3,(H,37,39)(H,38,40). The Kier molecular flexibility index (Phi) is 9.91. The van der Waals surface area contributed by atoms with Gasteiger partial charge in [0.1, 0.15) is 5.75 Å². The Balaban J connectivity index is 1.21. The van der Waals surface area contributed by atoms with Crippen LogP contribution in [-0.4, -0.2) is 50.1 Å². The van der Waals surface area contributed by atoms with Gasteiger partial charge in [-0.15, -0.1) is 0 Å². The zero-order valence-electron chi connectivity index (χ0n) is 23.6. The molecule has 0 saturated carbocycles. The summed E-state index contributed by atoms with van der Waals surface area (Å²) in [5, 5.41) is 9.50. The lowest BCUT2D eigenvalue weighted by Gasteiger charge is -2.23. The number of halogens is 2. The summed E-state index contributed by atoms with van der Waals surface area (Å²) in [5.41, 5.74) is 1.63. The molecule has 1 saturated heterocycles. The molecule has 5 rings (SSSR count). The summed E-state index contributed by atoms with van der Waals surface area (Å²) in [6, 6.07) is 16.3. The summed E-state index contributed by atoms with van der Waals surface area (Å²) in [4.78, 5) is 29.0. The number of fused-ring (bicyclic) bond motifs is 1. The van der Waals surface area contributed by atoms with E-state index in [4.69, 9.17) is 25.8 Å². The molecule has 43 heavy (non-hydrogen) atoms. The lowest BCUT2D eigenvalue weighted by Crippen LogP contribution is -2.36. The van der Waals surface area contributed by atoms with Gasteiger partial charge in [-0.05, 0) is 80.2 Å². The van der Waals surface area contributed by atoms with Crippen LogP contribution in [0.3, 0.4) is 0 Å². The van der Waals surface area contributed by atoms with Crippen molar-refractivity contribution in [1.82, 2.24) is 15.6 Å². The molecule has 2 amide bonds. The van der Waals surface area contributed by atoms with E-state index in [9.17, 15) is 9.59 Å². The molecule has 1 aromatic heterocycles. The molecule has 0 bridgehead atoms. The number of carbonyl (C=O) groups is 2. The molecule has 0 unspecified atom stereocenters. The van der Waals surface area contributed by atoms with Gasteiger partial charge < -0.3 is 30.2 Å². The number of piperidine rings is 1. The molecule has 3 N–H and O–H groups in total. The minimum atomic E-state index is -0.912. The largest absolute Gasteiger partial charge is 0.493 e. The van der Waals surface area contributed by atoms with Gasteiger partial charge in [0.15, 0.2) is 23.1 Å². The van der Waals surface area contributed by atoms with Crippen LogP contribution in [0.5, 0.6) is 23.0 Å². The van der Waals surface area contributed by atoms with Gasteiger partial charge in [0.05, 0.1) is 19.2 Å². The summed E-state index contributed by atoms with van der Waals surface area (Å²) in [5.74, 6) is -0.609. The SMILES string of the molecule is COc1cc2c(Oc3ccc(NC(=O)C(=O)NCCc4cccc(Cl)c4)cc3F)ccnc2cc1OCC1CCNCC1. The average molecular weight is 607 g/mol. The third-order valence-corrected chi connectivity index (χ3v) is 7.36. The van der Waals surface area contributed by atoms with Crippen molar-refractivity contribution in [2.45, 2.75) is 19.3 Å². The topological polar surface area (TPSA) is 111 Å². The molecule has 9 nitrogen and oxygen atoms in total. The summed E-state index contributed by atoms with van der Waals surface area (Å²) in [7, 11) is 1.56. The molecule has 0 aliphatic carbocycles. The maximum absolute atomic E-state index is 15.0. The number of ether oxygens (including phenoxy) is 3. The summed E-state index contributed by atoms with van der Waals surface area (Å²) < 4.78 is 32.6. The zero-order chi connectivity index (χ0) is 30.2. The Labute approximate surface area is 253 Å². The number of aromatic nitrogens is 1. The number of nitrogens with zero attached hydrogens (tertiary/aromatic N) is 1. The van der Waals surface area contributed by atoms with Gasteiger partial charge in [-0.3, -0.25) is 14.6 Å². The quantitative estimate of drug-likeness (QED) is 0.204. The second-order valence-corrected chi connectivity index (χ2v) is 10.6. The second kappa shape index (κ2) is 14.2. The molecule has 224 valence electrons. The first-order valence-corrected chi connectivity index (χ1v) is 14.4. The van der Waals surface area contributed by atoms with Crippen molar-refractivity contribution < 1.29 is 28.2 Å². The van der Waals surface area contributed by atoms with Crippen molar-refractivity contribution in [3.8, 4) is 23.0 Å². The molecule has 0 atom stereocenters. The lowest BCUT2D eigenvalue weighted by atomic mass is 9.99. The van der Waals surface area contributed by atoms with E-state index in [1.54, 1.807) is 43.6 Å². The highest BCUT2D eigenvalue weighted by Gasteiger charge is 2.18. The van der Waals surface area contributed by atoms with Gasteiger partial charge in [0.2, 0.25) is 0 Å². The minimum Gasteiger partial charge on any atom is -0.493 e. The van der Waals surface area contributed by atoms with Crippen LogP contribution in [0, 0.1) is 11.7 Å². The first-order chi connectivity index (χ1) is 20.9. The van der Waals surface area contributed by atoms with Crippen LogP contribution in [0.1, 0.15) is 18.4 Å². The number of hydrogen-bond donors (Lipinski definition) is 3. The average Bonchev–Trinajstić information content (AvgIpc) is 3.01. The van der Waals surface area contributed by atoms with Crippen LogP contribution in [0.25, 0.3) is 10.9 Å². The lowest BCUT2D eigenvalue weighted by molar-refractivity contribution is -0.136. The number of pyridine rings is 1. The normalized spacial score (nSPS) is 13.4. The molecule has 1 aliphatic rings. The summed E-state index contributed by atoms with van der Waals surface area (Å²) in [6.07, 6.45) is 4.18. The number of hydrogen-bond acceptors (Lipinski definition) is 7. The van der Waals surface area contributed by atoms with Gasteiger partial charge in [-0.2, -0.15) is 0 Å². The number of anilines is 1. The van der Waals surface area contributed by atoms with Crippen LogP contribution in [0.2, 0.25) is 5.02 Å². The van der Waals surface area contributed by atoms with Crippen LogP contribution >= 0.6 is 11.6 Å². The van der Waals surface area contributed by atoms with Gasteiger partial charge in [-0.1, -0.05) is 23.7 Å². The molecular formula is C32H32ClFN4O5. The highest BCUT2D eigenvalue weighted by molar-refractivity contribution is 6.39. The Morgan fingerprint density at radius 2 is 1.84 bits per heavy atom. The fraction of sp³-hybridized carbons (Fsp3) is 0.281.